The first-order valence-corrected chi connectivity index (χ1v) is 10.1. The summed E-state index contributed by atoms with van der Waals surface area (Å²) >= 11 is 0. The molecular weight excluding hydrogens is 499 g/mol. The zero-order chi connectivity index (χ0) is 20.6. The van der Waals surface area contributed by atoms with E-state index in [-0.39, 0.29) is 42.1 Å². The molecule has 0 aromatic heterocycles. The van der Waals surface area contributed by atoms with Crippen molar-refractivity contribution in [3.05, 3.63) is 70.8 Å². The molecule has 7 heteroatoms. The third kappa shape index (κ3) is 6.63. The Bertz CT molecular complexity index is 809. The number of aliphatic imine (C=N–C) groups is 1. The lowest BCUT2D eigenvalue weighted by Crippen LogP contribution is -2.42. The van der Waals surface area contributed by atoms with E-state index in [1.165, 1.54) is 29.3 Å². The van der Waals surface area contributed by atoms with Crippen LogP contribution in [0.5, 0.6) is 0 Å². The van der Waals surface area contributed by atoms with E-state index < -0.39 is 11.6 Å². The lowest BCUT2D eigenvalue weighted by atomic mass is 9.89. The molecule has 164 valence electrons. The number of nitrogens with zero attached hydrogens (tertiary/aromatic N) is 1. The molecule has 0 aliphatic carbocycles. The van der Waals surface area contributed by atoms with Crippen molar-refractivity contribution < 1.29 is 13.5 Å². The Balaban J connectivity index is 0.00000320. The van der Waals surface area contributed by atoms with Gasteiger partial charge in [-0.15, -0.1) is 24.0 Å². The van der Waals surface area contributed by atoms with Gasteiger partial charge in [0.1, 0.15) is 11.6 Å². The molecule has 0 radical (unpaired) electrons. The van der Waals surface area contributed by atoms with Crippen LogP contribution in [0.25, 0.3) is 0 Å². The van der Waals surface area contributed by atoms with Gasteiger partial charge in [-0.3, -0.25) is 4.99 Å². The zero-order valence-electron chi connectivity index (χ0n) is 17.5. The van der Waals surface area contributed by atoms with Gasteiger partial charge in [-0.25, -0.2) is 8.78 Å². The number of nitrogens with one attached hydrogen (secondary N) is 2. The van der Waals surface area contributed by atoms with Crippen LogP contribution in [-0.2, 0) is 11.2 Å². The second kappa shape index (κ2) is 12.2. The summed E-state index contributed by atoms with van der Waals surface area (Å²) in [6, 6.07) is 12.4. The van der Waals surface area contributed by atoms with Crippen molar-refractivity contribution in [2.24, 2.45) is 10.9 Å². The number of benzene rings is 2. The number of aryl methyl sites for hydroxylation is 1. The smallest absolute Gasteiger partial charge is 0.190 e. The van der Waals surface area contributed by atoms with Crippen LogP contribution in [0.15, 0.2) is 47.5 Å². The number of guanidine groups is 1. The summed E-state index contributed by atoms with van der Waals surface area (Å²) in [6.45, 7) is 3.95. The van der Waals surface area contributed by atoms with Crippen molar-refractivity contribution in [1.29, 1.82) is 0 Å². The molecule has 2 aromatic carbocycles. The van der Waals surface area contributed by atoms with Crippen molar-refractivity contribution in [3.63, 3.8) is 0 Å². The van der Waals surface area contributed by atoms with Crippen LogP contribution >= 0.6 is 24.0 Å². The van der Waals surface area contributed by atoms with Gasteiger partial charge in [0.2, 0.25) is 0 Å². The molecule has 0 spiro atoms. The molecule has 1 fully saturated rings. The average molecular weight is 529 g/mol. The molecule has 3 rings (SSSR count). The minimum atomic E-state index is -0.518. The number of hydrogen-bond acceptors (Lipinski definition) is 2. The second-order valence-corrected chi connectivity index (χ2v) is 7.43. The van der Waals surface area contributed by atoms with Gasteiger partial charge >= 0.3 is 0 Å². The first kappa shape index (κ1) is 24.5. The Morgan fingerprint density at radius 1 is 1.10 bits per heavy atom. The molecule has 0 saturated carbocycles. The molecule has 0 bridgehead atoms. The third-order valence-corrected chi connectivity index (χ3v) is 5.34. The Hall–Kier alpha value is -1.74. The summed E-state index contributed by atoms with van der Waals surface area (Å²) in [4.78, 5) is 4.22. The number of ether oxygens (including phenoxy) is 1. The minimum absolute atomic E-state index is 0. The number of hydrogen-bond donors (Lipinski definition) is 2. The lowest BCUT2D eigenvalue weighted by Gasteiger charge is -2.32. The van der Waals surface area contributed by atoms with Crippen LogP contribution in [-0.4, -0.2) is 32.7 Å². The molecule has 30 heavy (non-hydrogen) atoms. The van der Waals surface area contributed by atoms with Crippen LogP contribution in [0.3, 0.4) is 0 Å². The predicted molar refractivity (Wildman–Crippen MR) is 127 cm³/mol. The second-order valence-electron chi connectivity index (χ2n) is 7.43. The molecule has 2 aromatic rings. The van der Waals surface area contributed by atoms with Gasteiger partial charge in [0.25, 0.3) is 0 Å². The van der Waals surface area contributed by atoms with Gasteiger partial charge < -0.3 is 15.4 Å². The third-order valence-electron chi connectivity index (χ3n) is 5.34. The van der Waals surface area contributed by atoms with Crippen LogP contribution in [0, 0.1) is 24.5 Å². The number of rotatable bonds is 6. The SMILES string of the molecule is CN=C(NCCc1c(F)cccc1F)NCC1CCCOC1c1ccc(C)cc1.I. The van der Waals surface area contributed by atoms with Crippen LogP contribution in [0.2, 0.25) is 0 Å². The van der Waals surface area contributed by atoms with Gasteiger partial charge in [-0.2, -0.15) is 0 Å². The normalized spacial score (nSPS) is 19.1. The molecule has 2 N–H and O–H groups in total. The van der Waals surface area contributed by atoms with E-state index in [2.05, 4.69) is 46.8 Å². The first-order chi connectivity index (χ1) is 14.1. The maximum atomic E-state index is 13.7. The average Bonchev–Trinajstić information content (AvgIpc) is 2.73. The Morgan fingerprint density at radius 3 is 2.47 bits per heavy atom. The largest absolute Gasteiger partial charge is 0.373 e. The van der Waals surface area contributed by atoms with E-state index in [0.717, 1.165) is 19.4 Å². The molecule has 1 aliphatic rings. The van der Waals surface area contributed by atoms with Gasteiger partial charge in [0.15, 0.2) is 5.96 Å². The molecule has 1 aliphatic heterocycles. The van der Waals surface area contributed by atoms with Gasteiger partial charge in [0.05, 0.1) is 6.10 Å². The summed E-state index contributed by atoms with van der Waals surface area (Å²) in [5.41, 5.74) is 2.52. The van der Waals surface area contributed by atoms with Crippen molar-refractivity contribution in [3.8, 4) is 0 Å². The summed E-state index contributed by atoms with van der Waals surface area (Å²) < 4.78 is 33.6. The van der Waals surface area contributed by atoms with Gasteiger partial charge in [0, 0.05) is 38.2 Å². The highest BCUT2D eigenvalue weighted by molar-refractivity contribution is 14.0. The Morgan fingerprint density at radius 2 is 1.80 bits per heavy atom. The van der Waals surface area contributed by atoms with Gasteiger partial charge in [-0.05, 0) is 43.9 Å². The maximum Gasteiger partial charge on any atom is 0.190 e. The van der Waals surface area contributed by atoms with E-state index in [1.54, 1.807) is 7.05 Å². The summed E-state index contributed by atoms with van der Waals surface area (Å²) in [6.07, 6.45) is 2.41. The molecule has 2 unspecified atom stereocenters. The highest BCUT2D eigenvalue weighted by Gasteiger charge is 2.27. The Kier molecular flexibility index (Phi) is 9.97. The lowest BCUT2D eigenvalue weighted by molar-refractivity contribution is -0.0265. The fourth-order valence-electron chi connectivity index (χ4n) is 3.70. The van der Waals surface area contributed by atoms with E-state index in [1.807, 2.05) is 0 Å². The fourth-order valence-corrected chi connectivity index (χ4v) is 3.70. The van der Waals surface area contributed by atoms with Crippen LogP contribution < -0.4 is 10.6 Å². The van der Waals surface area contributed by atoms with Crippen molar-refractivity contribution in [2.75, 3.05) is 26.7 Å². The molecular formula is C23H30F2IN3O. The molecule has 1 saturated heterocycles. The van der Waals surface area contributed by atoms with Gasteiger partial charge in [-0.1, -0.05) is 35.9 Å². The Labute approximate surface area is 194 Å². The zero-order valence-corrected chi connectivity index (χ0v) is 19.8. The quantitative estimate of drug-likeness (QED) is 0.322. The van der Waals surface area contributed by atoms with E-state index in [0.29, 0.717) is 25.0 Å². The highest BCUT2D eigenvalue weighted by Crippen LogP contribution is 2.33. The topological polar surface area (TPSA) is 45.7 Å². The first-order valence-electron chi connectivity index (χ1n) is 10.1. The predicted octanol–water partition coefficient (Wildman–Crippen LogP) is 4.77. The molecule has 4 nitrogen and oxygen atoms in total. The van der Waals surface area contributed by atoms with E-state index >= 15 is 0 Å². The molecule has 1 heterocycles. The van der Waals surface area contributed by atoms with Crippen molar-refractivity contribution in [1.82, 2.24) is 10.6 Å². The standard InChI is InChI=1S/C23H29F2N3O.HI/c1-16-8-10-17(11-9-16)22-18(5-4-14-29-22)15-28-23(26-2)27-13-12-19-20(24)6-3-7-21(19)25;/h3,6-11,18,22H,4-5,12-15H2,1-2H3,(H2,26,27,28);1H. The van der Waals surface area contributed by atoms with Crippen LogP contribution in [0.1, 0.15) is 35.6 Å². The van der Waals surface area contributed by atoms with Crippen molar-refractivity contribution >= 4 is 29.9 Å². The maximum absolute atomic E-state index is 13.7. The molecule has 2 atom stereocenters. The van der Waals surface area contributed by atoms with Crippen LogP contribution in [0.4, 0.5) is 8.78 Å². The molecule has 0 amide bonds. The van der Waals surface area contributed by atoms with E-state index in [9.17, 15) is 8.78 Å². The highest BCUT2D eigenvalue weighted by atomic mass is 127. The summed E-state index contributed by atoms with van der Waals surface area (Å²) in [7, 11) is 1.69. The monoisotopic (exact) mass is 529 g/mol. The van der Waals surface area contributed by atoms with Crippen molar-refractivity contribution in [2.45, 2.75) is 32.3 Å². The van der Waals surface area contributed by atoms with E-state index in [4.69, 9.17) is 4.74 Å². The summed E-state index contributed by atoms with van der Waals surface area (Å²) in [5.74, 6) is -0.0888. The number of halogens is 3. The fraction of sp³-hybridized carbons (Fsp3) is 0.435. The summed E-state index contributed by atoms with van der Waals surface area (Å²) in [5, 5.41) is 6.48. The minimum Gasteiger partial charge on any atom is -0.373 e.